The molecule has 0 saturated heterocycles. The maximum Gasteiger partial charge on any atom is 0.343 e. The van der Waals surface area contributed by atoms with Crippen molar-refractivity contribution in [2.75, 3.05) is 19.0 Å². The molecule has 0 aliphatic carbocycles. The van der Waals surface area contributed by atoms with Crippen molar-refractivity contribution in [3.8, 4) is 5.75 Å². The number of benzene rings is 2. The number of hydrogen-bond donors (Lipinski definition) is 1. The number of methoxy groups -OCH3 is 1. The predicted octanol–water partition coefficient (Wildman–Crippen LogP) is 3.07. The Morgan fingerprint density at radius 2 is 1.92 bits per heavy atom. The molecule has 3 rings (SSSR count). The summed E-state index contributed by atoms with van der Waals surface area (Å²) in [5.74, 6) is -1.46. The van der Waals surface area contributed by atoms with Gasteiger partial charge in [0.25, 0.3) is 0 Å². The van der Waals surface area contributed by atoms with E-state index in [1.165, 1.54) is 13.3 Å². The lowest BCUT2D eigenvalue weighted by Gasteiger charge is -2.09. The lowest BCUT2D eigenvalue weighted by Crippen LogP contribution is -2.12. The number of ether oxygens (including phenoxy) is 2. The van der Waals surface area contributed by atoms with Crippen LogP contribution in [0.4, 0.5) is 14.6 Å². The molecule has 1 heterocycles. The molecule has 0 unspecified atom stereocenters. The van der Waals surface area contributed by atoms with Crippen LogP contribution in [0.3, 0.4) is 0 Å². The van der Waals surface area contributed by atoms with Crippen molar-refractivity contribution in [2.24, 2.45) is 0 Å². The van der Waals surface area contributed by atoms with Crippen LogP contribution in [0, 0.1) is 11.6 Å². The van der Waals surface area contributed by atoms with Gasteiger partial charge in [-0.3, -0.25) is 4.98 Å². The number of halogens is 2. The predicted molar refractivity (Wildman–Crippen MR) is 90.7 cm³/mol. The maximum absolute atomic E-state index is 13.3. The molecule has 1 N–H and O–H groups in total. The second-order valence-electron chi connectivity index (χ2n) is 5.38. The Balaban J connectivity index is 1.68. The quantitative estimate of drug-likeness (QED) is 0.682. The minimum Gasteiger partial charge on any atom is -0.482 e. The van der Waals surface area contributed by atoms with Crippen LogP contribution in [-0.4, -0.2) is 29.7 Å². The lowest BCUT2D eigenvalue weighted by atomic mass is 10.2. The number of nitrogens with zero attached hydrogens (tertiary/aromatic N) is 2. The number of aromatic nitrogens is 2. The van der Waals surface area contributed by atoms with Gasteiger partial charge in [-0.1, -0.05) is 12.1 Å². The number of carbonyl (C=O) groups excluding carboxylic acids is 1. The molecular formula is C18H15F2N3O3. The Bertz CT molecular complexity index is 950. The number of carbonyl (C=O) groups is 1. The van der Waals surface area contributed by atoms with Crippen molar-refractivity contribution in [3.63, 3.8) is 0 Å². The molecule has 0 amide bonds. The summed E-state index contributed by atoms with van der Waals surface area (Å²) in [5, 5.41) is 3.05. The van der Waals surface area contributed by atoms with Gasteiger partial charge >= 0.3 is 5.97 Å². The SMILES string of the molecule is COC(=O)COc1cccc(CNc2cnc3cc(F)c(F)cc3n2)c1. The van der Waals surface area contributed by atoms with Crippen LogP contribution in [-0.2, 0) is 16.1 Å². The highest BCUT2D eigenvalue weighted by molar-refractivity contribution is 5.75. The third kappa shape index (κ3) is 4.21. The van der Waals surface area contributed by atoms with Gasteiger partial charge in [0.05, 0.1) is 24.3 Å². The van der Waals surface area contributed by atoms with Gasteiger partial charge in [0.15, 0.2) is 18.2 Å². The van der Waals surface area contributed by atoms with E-state index < -0.39 is 17.6 Å². The Kier molecular flexibility index (Phi) is 5.21. The Morgan fingerprint density at radius 3 is 2.69 bits per heavy atom. The zero-order valence-electron chi connectivity index (χ0n) is 13.8. The fourth-order valence-corrected chi connectivity index (χ4v) is 2.23. The second-order valence-corrected chi connectivity index (χ2v) is 5.38. The molecule has 2 aromatic carbocycles. The van der Waals surface area contributed by atoms with E-state index in [0.29, 0.717) is 18.1 Å². The summed E-state index contributed by atoms with van der Waals surface area (Å²) < 4.78 is 36.4. The average molecular weight is 359 g/mol. The topological polar surface area (TPSA) is 73.3 Å². The van der Waals surface area contributed by atoms with Crippen LogP contribution >= 0.6 is 0 Å². The van der Waals surface area contributed by atoms with Crippen molar-refractivity contribution >= 4 is 22.8 Å². The molecule has 0 radical (unpaired) electrons. The summed E-state index contributed by atoms with van der Waals surface area (Å²) in [7, 11) is 1.29. The fraction of sp³-hybridized carbons (Fsp3) is 0.167. The van der Waals surface area contributed by atoms with Crippen LogP contribution in [0.5, 0.6) is 5.75 Å². The minimum absolute atomic E-state index is 0.175. The number of hydrogen-bond acceptors (Lipinski definition) is 6. The molecule has 0 fully saturated rings. The summed E-state index contributed by atoms with van der Waals surface area (Å²) >= 11 is 0. The van der Waals surface area contributed by atoms with Gasteiger partial charge in [-0.2, -0.15) is 0 Å². The zero-order valence-corrected chi connectivity index (χ0v) is 13.8. The molecule has 3 aromatic rings. The van der Waals surface area contributed by atoms with E-state index in [1.54, 1.807) is 18.2 Å². The summed E-state index contributed by atoms with van der Waals surface area (Å²) in [6.45, 7) is 0.227. The van der Waals surface area contributed by atoms with Gasteiger partial charge in [-0.25, -0.2) is 18.6 Å². The molecule has 0 bridgehead atoms. The molecule has 1 aromatic heterocycles. The minimum atomic E-state index is -0.973. The van der Waals surface area contributed by atoms with Crippen molar-refractivity contribution in [3.05, 3.63) is 59.8 Å². The van der Waals surface area contributed by atoms with Crippen LogP contribution in [0.15, 0.2) is 42.6 Å². The second kappa shape index (κ2) is 7.73. The van der Waals surface area contributed by atoms with E-state index in [2.05, 4.69) is 20.0 Å². The van der Waals surface area contributed by atoms with E-state index in [1.807, 2.05) is 6.07 Å². The normalized spacial score (nSPS) is 10.6. The molecule has 134 valence electrons. The molecule has 0 aliphatic heterocycles. The molecule has 0 saturated carbocycles. The van der Waals surface area contributed by atoms with E-state index in [-0.39, 0.29) is 17.6 Å². The summed E-state index contributed by atoms with van der Waals surface area (Å²) in [6.07, 6.45) is 1.44. The highest BCUT2D eigenvalue weighted by Crippen LogP contribution is 2.18. The number of rotatable bonds is 6. The average Bonchev–Trinajstić information content (AvgIpc) is 2.65. The highest BCUT2D eigenvalue weighted by atomic mass is 19.2. The van der Waals surface area contributed by atoms with E-state index in [0.717, 1.165) is 17.7 Å². The fourth-order valence-electron chi connectivity index (χ4n) is 2.23. The standard InChI is InChI=1S/C18H15F2N3O3/c1-25-18(24)10-26-12-4-2-3-11(5-12)8-22-17-9-21-15-6-13(19)14(20)7-16(15)23-17/h2-7,9H,8,10H2,1H3,(H,22,23). The maximum atomic E-state index is 13.3. The van der Waals surface area contributed by atoms with Gasteiger partial charge in [0.2, 0.25) is 0 Å². The Labute approximate surface area is 147 Å². The Morgan fingerprint density at radius 1 is 1.15 bits per heavy atom. The van der Waals surface area contributed by atoms with Crippen molar-refractivity contribution in [1.29, 1.82) is 0 Å². The monoisotopic (exact) mass is 359 g/mol. The third-order valence-corrected chi connectivity index (χ3v) is 3.54. The Hall–Kier alpha value is -3.29. The highest BCUT2D eigenvalue weighted by Gasteiger charge is 2.07. The number of anilines is 1. The van der Waals surface area contributed by atoms with Crippen molar-refractivity contribution < 1.29 is 23.0 Å². The first-order chi connectivity index (χ1) is 12.5. The molecule has 6 nitrogen and oxygen atoms in total. The van der Waals surface area contributed by atoms with Gasteiger partial charge in [0.1, 0.15) is 11.6 Å². The number of fused-ring (bicyclic) bond motifs is 1. The van der Waals surface area contributed by atoms with Crippen LogP contribution in [0.25, 0.3) is 11.0 Å². The van der Waals surface area contributed by atoms with Crippen LogP contribution in [0.1, 0.15) is 5.56 Å². The largest absolute Gasteiger partial charge is 0.482 e. The first-order valence-corrected chi connectivity index (χ1v) is 7.69. The summed E-state index contributed by atoms with van der Waals surface area (Å²) in [4.78, 5) is 19.4. The third-order valence-electron chi connectivity index (χ3n) is 3.54. The molecule has 8 heteroatoms. The van der Waals surface area contributed by atoms with E-state index in [9.17, 15) is 13.6 Å². The number of nitrogens with one attached hydrogen (secondary N) is 1. The van der Waals surface area contributed by atoms with Crippen LogP contribution in [0.2, 0.25) is 0 Å². The molecule has 0 spiro atoms. The van der Waals surface area contributed by atoms with Gasteiger partial charge in [0, 0.05) is 18.7 Å². The van der Waals surface area contributed by atoms with Crippen molar-refractivity contribution in [1.82, 2.24) is 9.97 Å². The smallest absolute Gasteiger partial charge is 0.343 e. The zero-order chi connectivity index (χ0) is 18.5. The molecule has 26 heavy (non-hydrogen) atoms. The summed E-state index contributed by atoms with van der Waals surface area (Å²) in [5.41, 5.74) is 1.40. The van der Waals surface area contributed by atoms with Gasteiger partial charge in [-0.15, -0.1) is 0 Å². The van der Waals surface area contributed by atoms with E-state index >= 15 is 0 Å². The first-order valence-electron chi connectivity index (χ1n) is 7.69. The number of esters is 1. The molecule has 0 aliphatic rings. The molecule has 0 atom stereocenters. The van der Waals surface area contributed by atoms with Crippen molar-refractivity contribution in [2.45, 2.75) is 6.54 Å². The van der Waals surface area contributed by atoms with Gasteiger partial charge < -0.3 is 14.8 Å². The van der Waals surface area contributed by atoms with Gasteiger partial charge in [-0.05, 0) is 17.7 Å². The van der Waals surface area contributed by atoms with E-state index in [4.69, 9.17) is 4.74 Å². The first kappa shape index (κ1) is 17.5. The summed E-state index contributed by atoms with van der Waals surface area (Å²) in [6, 6.07) is 9.14. The lowest BCUT2D eigenvalue weighted by molar-refractivity contribution is -0.142. The van der Waals surface area contributed by atoms with Crippen LogP contribution < -0.4 is 10.1 Å². The molecular weight excluding hydrogens is 344 g/mol.